The number of ether oxygens (including phenoxy) is 1. The third kappa shape index (κ3) is 2.02. The van der Waals surface area contributed by atoms with E-state index in [0.717, 1.165) is 12.0 Å². The molecule has 1 aliphatic heterocycles. The highest BCUT2D eigenvalue weighted by molar-refractivity contribution is 5.71. The van der Waals surface area contributed by atoms with Crippen molar-refractivity contribution in [2.45, 2.75) is 18.9 Å². The molecule has 2 rings (SSSR count). The SMILES string of the molecule is Cn1cc([C@H]2OCCC[C@@H]2C(=O)O)cn1. The van der Waals surface area contributed by atoms with Crippen LogP contribution in [0.25, 0.3) is 0 Å². The van der Waals surface area contributed by atoms with Crippen molar-refractivity contribution in [3.63, 3.8) is 0 Å². The minimum Gasteiger partial charge on any atom is -0.481 e. The summed E-state index contributed by atoms with van der Waals surface area (Å²) >= 11 is 0. The number of carboxylic acids is 1. The van der Waals surface area contributed by atoms with Crippen LogP contribution in [-0.2, 0) is 16.6 Å². The van der Waals surface area contributed by atoms with Gasteiger partial charge in [-0.25, -0.2) is 0 Å². The Morgan fingerprint density at radius 1 is 1.73 bits per heavy atom. The summed E-state index contributed by atoms with van der Waals surface area (Å²) in [7, 11) is 1.81. The van der Waals surface area contributed by atoms with Crippen LogP contribution in [0.2, 0.25) is 0 Å². The fraction of sp³-hybridized carbons (Fsp3) is 0.600. The van der Waals surface area contributed by atoms with E-state index in [1.54, 1.807) is 10.9 Å². The molecule has 1 aromatic rings. The van der Waals surface area contributed by atoms with E-state index in [-0.39, 0.29) is 6.10 Å². The standard InChI is InChI=1S/C10H14N2O3/c1-12-6-7(5-11-12)9-8(10(13)14)3-2-4-15-9/h5-6,8-9H,2-4H2,1H3,(H,13,14)/t8-,9+/m0/s1. The molecule has 1 aliphatic rings. The van der Waals surface area contributed by atoms with Crippen molar-refractivity contribution in [1.29, 1.82) is 0 Å². The van der Waals surface area contributed by atoms with Crippen LogP contribution in [0.15, 0.2) is 12.4 Å². The maximum Gasteiger partial charge on any atom is 0.309 e. The highest BCUT2D eigenvalue weighted by atomic mass is 16.5. The van der Waals surface area contributed by atoms with Gasteiger partial charge in [-0.15, -0.1) is 0 Å². The first-order valence-electron chi connectivity index (χ1n) is 5.01. The van der Waals surface area contributed by atoms with E-state index in [1.807, 2.05) is 13.2 Å². The predicted octanol–water partition coefficient (Wildman–Crippen LogP) is 0.972. The highest BCUT2D eigenvalue weighted by Gasteiger charge is 2.33. The molecular formula is C10H14N2O3. The van der Waals surface area contributed by atoms with E-state index < -0.39 is 11.9 Å². The molecule has 82 valence electrons. The summed E-state index contributed by atoms with van der Waals surface area (Å²) in [6, 6.07) is 0. The number of rotatable bonds is 2. The summed E-state index contributed by atoms with van der Waals surface area (Å²) in [5, 5.41) is 13.1. The largest absolute Gasteiger partial charge is 0.481 e. The lowest BCUT2D eigenvalue weighted by atomic mass is 9.91. The number of aromatic nitrogens is 2. The van der Waals surface area contributed by atoms with Crippen LogP contribution in [-0.4, -0.2) is 27.5 Å². The van der Waals surface area contributed by atoms with Gasteiger partial charge in [0.15, 0.2) is 0 Å². The second-order valence-corrected chi connectivity index (χ2v) is 3.83. The minimum atomic E-state index is -0.788. The fourth-order valence-electron chi connectivity index (χ4n) is 1.95. The maximum atomic E-state index is 11.0. The molecular weight excluding hydrogens is 196 g/mol. The van der Waals surface area contributed by atoms with Gasteiger partial charge in [-0.1, -0.05) is 0 Å². The molecule has 2 atom stereocenters. The first-order valence-corrected chi connectivity index (χ1v) is 5.01. The summed E-state index contributed by atoms with van der Waals surface area (Å²) < 4.78 is 7.18. The Morgan fingerprint density at radius 2 is 2.53 bits per heavy atom. The Hall–Kier alpha value is -1.36. The average molecular weight is 210 g/mol. The van der Waals surface area contributed by atoms with Gasteiger partial charge in [-0.05, 0) is 12.8 Å². The van der Waals surface area contributed by atoms with Crippen molar-refractivity contribution in [3.05, 3.63) is 18.0 Å². The minimum absolute atomic E-state index is 0.343. The molecule has 0 amide bonds. The van der Waals surface area contributed by atoms with Gasteiger partial charge in [0.1, 0.15) is 0 Å². The van der Waals surface area contributed by atoms with E-state index in [1.165, 1.54) is 0 Å². The average Bonchev–Trinajstić information content (AvgIpc) is 2.65. The molecule has 5 heteroatoms. The van der Waals surface area contributed by atoms with Crippen molar-refractivity contribution in [2.24, 2.45) is 13.0 Å². The van der Waals surface area contributed by atoms with Crippen LogP contribution in [0.1, 0.15) is 24.5 Å². The Labute approximate surface area is 87.7 Å². The highest BCUT2D eigenvalue weighted by Crippen LogP contribution is 2.33. The van der Waals surface area contributed by atoms with E-state index in [9.17, 15) is 4.79 Å². The lowest BCUT2D eigenvalue weighted by Crippen LogP contribution is -2.28. The Kier molecular flexibility index (Phi) is 2.73. The summed E-state index contributed by atoms with van der Waals surface area (Å²) in [5.41, 5.74) is 0.851. The summed E-state index contributed by atoms with van der Waals surface area (Å²) in [5.74, 6) is -1.23. The number of carbonyl (C=O) groups is 1. The molecule has 5 nitrogen and oxygen atoms in total. The van der Waals surface area contributed by atoms with Crippen LogP contribution in [0, 0.1) is 5.92 Å². The molecule has 2 heterocycles. The van der Waals surface area contributed by atoms with E-state index in [2.05, 4.69) is 5.10 Å². The number of aryl methyl sites for hydroxylation is 1. The quantitative estimate of drug-likeness (QED) is 0.790. The van der Waals surface area contributed by atoms with Gasteiger partial charge in [0.05, 0.1) is 18.2 Å². The van der Waals surface area contributed by atoms with Crippen molar-refractivity contribution < 1.29 is 14.6 Å². The first-order chi connectivity index (χ1) is 7.18. The zero-order valence-corrected chi connectivity index (χ0v) is 8.59. The molecule has 1 fully saturated rings. The number of carboxylic acid groups (broad SMARTS) is 1. The van der Waals surface area contributed by atoms with Gasteiger partial charge in [0.25, 0.3) is 0 Å². The van der Waals surface area contributed by atoms with Gasteiger partial charge < -0.3 is 9.84 Å². The van der Waals surface area contributed by atoms with Gasteiger partial charge in [-0.3, -0.25) is 9.48 Å². The molecule has 0 radical (unpaired) electrons. The second kappa shape index (κ2) is 4.02. The molecule has 1 saturated heterocycles. The van der Waals surface area contributed by atoms with Crippen molar-refractivity contribution >= 4 is 5.97 Å². The van der Waals surface area contributed by atoms with Crippen molar-refractivity contribution in [2.75, 3.05) is 6.61 Å². The van der Waals surface area contributed by atoms with Crippen LogP contribution in [0.5, 0.6) is 0 Å². The summed E-state index contributed by atoms with van der Waals surface area (Å²) in [6.45, 7) is 0.628. The molecule has 0 bridgehead atoms. The topological polar surface area (TPSA) is 64.3 Å². The zero-order chi connectivity index (χ0) is 10.8. The van der Waals surface area contributed by atoms with Gasteiger partial charge in [0.2, 0.25) is 0 Å². The number of hydrogen-bond donors (Lipinski definition) is 1. The van der Waals surface area contributed by atoms with Gasteiger partial charge in [-0.2, -0.15) is 5.10 Å². The molecule has 1 aromatic heterocycles. The lowest BCUT2D eigenvalue weighted by Gasteiger charge is -2.27. The third-order valence-corrected chi connectivity index (χ3v) is 2.69. The normalized spacial score (nSPS) is 26.5. The molecule has 0 spiro atoms. The smallest absolute Gasteiger partial charge is 0.309 e. The predicted molar refractivity (Wildman–Crippen MR) is 52.3 cm³/mol. The Morgan fingerprint density at radius 3 is 3.13 bits per heavy atom. The summed E-state index contributed by atoms with van der Waals surface area (Å²) in [4.78, 5) is 11.0. The van der Waals surface area contributed by atoms with E-state index in [0.29, 0.717) is 13.0 Å². The lowest BCUT2D eigenvalue weighted by molar-refractivity contribution is -0.151. The van der Waals surface area contributed by atoms with E-state index >= 15 is 0 Å². The first kappa shape index (κ1) is 10.2. The zero-order valence-electron chi connectivity index (χ0n) is 8.59. The van der Waals surface area contributed by atoms with Crippen LogP contribution >= 0.6 is 0 Å². The third-order valence-electron chi connectivity index (χ3n) is 2.69. The maximum absolute atomic E-state index is 11.0. The fourth-order valence-corrected chi connectivity index (χ4v) is 1.95. The molecule has 0 aromatic carbocycles. The van der Waals surface area contributed by atoms with Crippen molar-refractivity contribution in [3.8, 4) is 0 Å². The summed E-state index contributed by atoms with van der Waals surface area (Å²) in [6.07, 6.45) is 4.63. The van der Waals surface area contributed by atoms with Crippen LogP contribution in [0.4, 0.5) is 0 Å². The van der Waals surface area contributed by atoms with Crippen molar-refractivity contribution in [1.82, 2.24) is 9.78 Å². The molecule has 0 aliphatic carbocycles. The molecule has 1 N–H and O–H groups in total. The van der Waals surface area contributed by atoms with Crippen LogP contribution < -0.4 is 0 Å². The molecule has 0 unspecified atom stereocenters. The number of hydrogen-bond acceptors (Lipinski definition) is 3. The number of nitrogens with zero attached hydrogens (tertiary/aromatic N) is 2. The molecule has 15 heavy (non-hydrogen) atoms. The Bertz CT molecular complexity index is 361. The van der Waals surface area contributed by atoms with E-state index in [4.69, 9.17) is 9.84 Å². The Balaban J connectivity index is 2.21. The second-order valence-electron chi connectivity index (χ2n) is 3.83. The monoisotopic (exact) mass is 210 g/mol. The van der Waals surface area contributed by atoms with Gasteiger partial charge >= 0.3 is 5.97 Å². The molecule has 0 saturated carbocycles. The number of aliphatic carboxylic acids is 1. The van der Waals surface area contributed by atoms with Crippen LogP contribution in [0.3, 0.4) is 0 Å². The van der Waals surface area contributed by atoms with Gasteiger partial charge in [0, 0.05) is 25.4 Å².